The summed E-state index contributed by atoms with van der Waals surface area (Å²) in [6.07, 6.45) is 0. The van der Waals surface area contributed by atoms with Crippen molar-refractivity contribution in [2.24, 2.45) is 0 Å². The first-order valence-corrected chi connectivity index (χ1v) is 6.48. The number of ether oxygens (including phenoxy) is 1. The van der Waals surface area contributed by atoms with Gasteiger partial charge in [-0.25, -0.2) is 8.78 Å². The van der Waals surface area contributed by atoms with E-state index in [9.17, 15) is 8.78 Å². The normalized spacial score (nSPS) is 12.2. The van der Waals surface area contributed by atoms with Gasteiger partial charge in [0.05, 0.1) is 13.2 Å². The molecule has 106 valence electrons. The van der Waals surface area contributed by atoms with E-state index in [1.165, 1.54) is 25.3 Å². The van der Waals surface area contributed by atoms with Crippen LogP contribution in [0.2, 0.25) is 0 Å². The van der Waals surface area contributed by atoms with Gasteiger partial charge >= 0.3 is 0 Å². The highest BCUT2D eigenvalue weighted by molar-refractivity contribution is 5.36. The lowest BCUT2D eigenvalue weighted by molar-refractivity contribution is 0.410. The van der Waals surface area contributed by atoms with E-state index in [1.807, 2.05) is 6.92 Å². The van der Waals surface area contributed by atoms with Gasteiger partial charge in [0.2, 0.25) is 0 Å². The average molecular weight is 277 g/mol. The first-order valence-electron chi connectivity index (χ1n) is 6.48. The predicted molar refractivity (Wildman–Crippen MR) is 74.9 cm³/mol. The number of hydrogen-bond donors (Lipinski definition) is 1. The maximum absolute atomic E-state index is 14.2. The van der Waals surface area contributed by atoms with Crippen LogP contribution < -0.4 is 10.1 Å². The molecule has 2 rings (SSSR count). The number of nitrogens with one attached hydrogen (secondary N) is 1. The maximum atomic E-state index is 14.2. The Balaban J connectivity index is 2.43. The van der Waals surface area contributed by atoms with Gasteiger partial charge in [-0.1, -0.05) is 25.1 Å². The Hall–Kier alpha value is -1.94. The summed E-state index contributed by atoms with van der Waals surface area (Å²) >= 11 is 0. The second-order valence-corrected chi connectivity index (χ2v) is 4.43. The van der Waals surface area contributed by atoms with Crippen LogP contribution >= 0.6 is 0 Å². The molecule has 0 saturated carbocycles. The molecule has 1 N–H and O–H groups in total. The average Bonchev–Trinajstić information content (AvgIpc) is 2.45. The fraction of sp³-hybridized carbons (Fsp3) is 0.250. The molecule has 0 amide bonds. The van der Waals surface area contributed by atoms with Gasteiger partial charge in [-0.05, 0) is 30.3 Å². The predicted octanol–water partition coefficient (Wildman–Crippen LogP) is 3.67. The largest absolute Gasteiger partial charge is 0.497 e. The molecule has 1 atom stereocenters. The van der Waals surface area contributed by atoms with Crippen LogP contribution in [-0.4, -0.2) is 13.7 Å². The SMILES string of the molecule is CCNC(c1cccc(F)c1)c1ccc(OC)cc1F. The van der Waals surface area contributed by atoms with Crippen molar-refractivity contribution in [1.82, 2.24) is 5.32 Å². The molecule has 0 aromatic heterocycles. The molecule has 0 aliphatic carbocycles. The third kappa shape index (κ3) is 3.14. The lowest BCUT2D eigenvalue weighted by Crippen LogP contribution is -2.23. The summed E-state index contributed by atoms with van der Waals surface area (Å²) in [5.41, 5.74) is 1.16. The minimum absolute atomic E-state index is 0.334. The van der Waals surface area contributed by atoms with E-state index in [2.05, 4.69) is 5.32 Å². The minimum Gasteiger partial charge on any atom is -0.497 e. The molecule has 1 unspecified atom stereocenters. The van der Waals surface area contributed by atoms with Gasteiger partial charge in [0, 0.05) is 11.6 Å². The van der Waals surface area contributed by atoms with Crippen molar-refractivity contribution in [2.45, 2.75) is 13.0 Å². The second kappa shape index (κ2) is 6.48. The van der Waals surface area contributed by atoms with Gasteiger partial charge < -0.3 is 10.1 Å². The molecule has 0 aliphatic heterocycles. The van der Waals surface area contributed by atoms with E-state index >= 15 is 0 Å². The van der Waals surface area contributed by atoms with Crippen molar-refractivity contribution in [3.05, 3.63) is 65.2 Å². The van der Waals surface area contributed by atoms with E-state index in [4.69, 9.17) is 4.74 Å². The van der Waals surface area contributed by atoms with Crippen molar-refractivity contribution in [3.8, 4) is 5.75 Å². The highest BCUT2D eigenvalue weighted by atomic mass is 19.1. The standard InChI is InChI=1S/C16H17F2NO/c1-3-19-16(11-5-4-6-12(17)9-11)14-8-7-13(20-2)10-15(14)18/h4-10,16,19H,3H2,1-2H3. The monoisotopic (exact) mass is 277 g/mol. The molecule has 0 bridgehead atoms. The fourth-order valence-electron chi connectivity index (χ4n) is 2.17. The molecule has 2 aromatic carbocycles. The van der Waals surface area contributed by atoms with Crippen LogP contribution in [0.15, 0.2) is 42.5 Å². The summed E-state index contributed by atoms with van der Waals surface area (Å²) in [5, 5.41) is 3.17. The van der Waals surface area contributed by atoms with Crippen molar-refractivity contribution in [2.75, 3.05) is 13.7 Å². The zero-order valence-corrected chi connectivity index (χ0v) is 11.5. The Bertz CT molecular complexity index is 586. The van der Waals surface area contributed by atoms with E-state index < -0.39 is 0 Å². The Kier molecular flexibility index (Phi) is 4.69. The Morgan fingerprint density at radius 3 is 2.55 bits per heavy atom. The van der Waals surface area contributed by atoms with Crippen LogP contribution in [0.1, 0.15) is 24.1 Å². The van der Waals surface area contributed by atoms with Gasteiger partial charge in [-0.15, -0.1) is 0 Å². The molecule has 0 spiro atoms. The number of benzene rings is 2. The molecule has 0 fully saturated rings. The molecular formula is C16H17F2NO. The quantitative estimate of drug-likeness (QED) is 0.900. The Morgan fingerprint density at radius 2 is 1.95 bits per heavy atom. The first kappa shape index (κ1) is 14.5. The molecule has 2 nitrogen and oxygen atoms in total. The number of rotatable bonds is 5. The van der Waals surface area contributed by atoms with Crippen LogP contribution in [0, 0.1) is 11.6 Å². The summed E-state index contributed by atoms with van der Waals surface area (Å²) in [6.45, 7) is 2.57. The van der Waals surface area contributed by atoms with Crippen LogP contribution in [0.5, 0.6) is 5.75 Å². The first-order chi connectivity index (χ1) is 9.65. The lowest BCUT2D eigenvalue weighted by Gasteiger charge is -2.20. The zero-order valence-electron chi connectivity index (χ0n) is 11.5. The molecule has 0 saturated heterocycles. The molecule has 0 radical (unpaired) electrons. The molecule has 2 aromatic rings. The number of methoxy groups -OCH3 is 1. The van der Waals surface area contributed by atoms with Crippen molar-refractivity contribution in [3.63, 3.8) is 0 Å². The van der Waals surface area contributed by atoms with Crippen LogP contribution in [-0.2, 0) is 0 Å². The van der Waals surface area contributed by atoms with Gasteiger partial charge in [-0.3, -0.25) is 0 Å². The number of halogens is 2. The van der Waals surface area contributed by atoms with Crippen molar-refractivity contribution < 1.29 is 13.5 Å². The third-order valence-corrected chi connectivity index (χ3v) is 3.11. The summed E-state index contributed by atoms with van der Waals surface area (Å²) in [7, 11) is 1.49. The number of hydrogen-bond acceptors (Lipinski definition) is 2. The van der Waals surface area contributed by atoms with Gasteiger partial charge in [-0.2, -0.15) is 0 Å². The smallest absolute Gasteiger partial charge is 0.132 e. The maximum Gasteiger partial charge on any atom is 0.132 e. The van der Waals surface area contributed by atoms with Crippen LogP contribution in [0.25, 0.3) is 0 Å². The van der Waals surface area contributed by atoms with Crippen LogP contribution in [0.4, 0.5) is 8.78 Å². The van der Waals surface area contributed by atoms with E-state index in [0.717, 1.165) is 0 Å². The Morgan fingerprint density at radius 1 is 1.15 bits per heavy atom. The van der Waals surface area contributed by atoms with Gasteiger partial charge in [0.1, 0.15) is 17.4 Å². The van der Waals surface area contributed by atoms with E-state index in [-0.39, 0.29) is 17.7 Å². The van der Waals surface area contributed by atoms with Gasteiger partial charge in [0.15, 0.2) is 0 Å². The zero-order chi connectivity index (χ0) is 14.5. The van der Waals surface area contributed by atoms with E-state index in [0.29, 0.717) is 23.4 Å². The van der Waals surface area contributed by atoms with E-state index in [1.54, 1.807) is 24.3 Å². The summed E-state index contributed by atoms with van der Waals surface area (Å²) in [4.78, 5) is 0. The summed E-state index contributed by atoms with van der Waals surface area (Å²) in [5.74, 6) is -0.250. The van der Waals surface area contributed by atoms with Crippen molar-refractivity contribution in [1.29, 1.82) is 0 Å². The molecule has 20 heavy (non-hydrogen) atoms. The fourth-order valence-corrected chi connectivity index (χ4v) is 2.17. The molecular weight excluding hydrogens is 260 g/mol. The lowest BCUT2D eigenvalue weighted by atomic mass is 9.98. The molecule has 4 heteroatoms. The highest BCUT2D eigenvalue weighted by Crippen LogP contribution is 2.27. The second-order valence-electron chi connectivity index (χ2n) is 4.43. The highest BCUT2D eigenvalue weighted by Gasteiger charge is 2.18. The van der Waals surface area contributed by atoms with Crippen LogP contribution in [0.3, 0.4) is 0 Å². The summed E-state index contributed by atoms with van der Waals surface area (Å²) in [6, 6.07) is 10.5. The van der Waals surface area contributed by atoms with Gasteiger partial charge in [0.25, 0.3) is 0 Å². The molecule has 0 heterocycles. The summed E-state index contributed by atoms with van der Waals surface area (Å²) < 4.78 is 32.5. The molecule has 0 aliphatic rings. The topological polar surface area (TPSA) is 21.3 Å². The van der Waals surface area contributed by atoms with Crippen molar-refractivity contribution >= 4 is 0 Å². The minimum atomic E-state index is -0.387. The third-order valence-electron chi connectivity index (χ3n) is 3.11. The Labute approximate surface area is 117 Å².